The van der Waals surface area contributed by atoms with E-state index >= 15 is 0 Å². The van der Waals surface area contributed by atoms with Gasteiger partial charge in [0, 0.05) is 12.5 Å². The van der Waals surface area contributed by atoms with Crippen LogP contribution in [0, 0.1) is 12.7 Å². The van der Waals surface area contributed by atoms with E-state index in [0.717, 1.165) is 12.8 Å². The lowest BCUT2D eigenvalue weighted by Crippen LogP contribution is -2.56. The van der Waals surface area contributed by atoms with Crippen LogP contribution in [0.25, 0.3) is 0 Å². The van der Waals surface area contributed by atoms with Crippen LogP contribution in [0.3, 0.4) is 0 Å². The van der Waals surface area contributed by atoms with Crippen molar-refractivity contribution in [2.75, 3.05) is 6.54 Å². The molecular formula is C16H22FNO3. The number of hydrogen-bond acceptors (Lipinski definition) is 3. The summed E-state index contributed by atoms with van der Waals surface area (Å²) < 4.78 is 19.3. The lowest BCUT2D eigenvalue weighted by molar-refractivity contribution is -0.147. The van der Waals surface area contributed by atoms with Crippen molar-refractivity contribution < 1.29 is 19.0 Å². The molecule has 0 radical (unpaired) electrons. The number of aliphatic carboxylic acids is 1. The van der Waals surface area contributed by atoms with Gasteiger partial charge >= 0.3 is 5.97 Å². The first-order valence-electron chi connectivity index (χ1n) is 7.38. The minimum absolute atomic E-state index is 0.212. The van der Waals surface area contributed by atoms with Gasteiger partial charge in [0.1, 0.15) is 23.2 Å². The molecule has 0 aromatic heterocycles. The fourth-order valence-electron chi connectivity index (χ4n) is 2.93. The fraction of sp³-hybridized carbons (Fsp3) is 0.562. The number of aryl methyl sites for hydroxylation is 1. The Morgan fingerprint density at radius 2 is 2.33 bits per heavy atom. The Kier molecular flexibility index (Phi) is 4.83. The molecule has 1 aliphatic carbocycles. The largest absolute Gasteiger partial charge is 0.490 e. The molecule has 5 heteroatoms. The number of benzene rings is 1. The molecule has 0 heterocycles. The number of carbonyl (C=O) groups is 1. The third kappa shape index (κ3) is 3.53. The Morgan fingerprint density at radius 3 is 2.95 bits per heavy atom. The van der Waals surface area contributed by atoms with Crippen LogP contribution in [-0.2, 0) is 4.79 Å². The predicted octanol–water partition coefficient (Wildman–Crippen LogP) is 2.89. The van der Waals surface area contributed by atoms with E-state index in [0.29, 0.717) is 30.7 Å². The van der Waals surface area contributed by atoms with Crippen molar-refractivity contribution in [3.05, 3.63) is 29.6 Å². The zero-order chi connectivity index (χ0) is 15.5. The number of rotatable bonds is 5. The number of nitrogens with one attached hydrogen (secondary N) is 1. The van der Waals surface area contributed by atoms with E-state index in [1.807, 2.05) is 6.92 Å². The maximum Gasteiger partial charge on any atom is 0.324 e. The van der Waals surface area contributed by atoms with E-state index in [2.05, 4.69) is 5.32 Å². The topological polar surface area (TPSA) is 58.6 Å². The van der Waals surface area contributed by atoms with Crippen LogP contribution in [0.4, 0.5) is 4.39 Å². The average Bonchev–Trinajstić information content (AvgIpc) is 2.43. The molecule has 116 valence electrons. The van der Waals surface area contributed by atoms with Crippen LogP contribution >= 0.6 is 0 Å². The molecule has 2 rings (SSSR count). The van der Waals surface area contributed by atoms with Crippen LogP contribution in [0.15, 0.2) is 18.2 Å². The lowest BCUT2D eigenvalue weighted by atomic mass is 9.80. The van der Waals surface area contributed by atoms with Gasteiger partial charge in [-0.05, 0) is 44.4 Å². The molecule has 21 heavy (non-hydrogen) atoms. The molecule has 2 N–H and O–H groups in total. The van der Waals surface area contributed by atoms with Crippen LogP contribution < -0.4 is 10.1 Å². The van der Waals surface area contributed by atoms with Crippen molar-refractivity contribution in [3.8, 4) is 5.75 Å². The third-order valence-corrected chi connectivity index (χ3v) is 4.08. The summed E-state index contributed by atoms with van der Waals surface area (Å²) in [5.74, 6) is -0.687. The first kappa shape index (κ1) is 15.8. The van der Waals surface area contributed by atoms with Crippen LogP contribution in [-0.4, -0.2) is 29.3 Å². The molecule has 0 saturated heterocycles. The summed E-state index contributed by atoms with van der Waals surface area (Å²) in [7, 11) is 0. The van der Waals surface area contributed by atoms with Gasteiger partial charge in [0.15, 0.2) is 0 Å². The Labute approximate surface area is 124 Å². The smallest absolute Gasteiger partial charge is 0.324 e. The number of likely N-dealkylation sites (N-methyl/N-ethyl adjacent to an activating group) is 1. The van der Waals surface area contributed by atoms with E-state index in [1.54, 1.807) is 19.1 Å². The first-order valence-corrected chi connectivity index (χ1v) is 7.38. The minimum atomic E-state index is -0.930. The second-order valence-electron chi connectivity index (χ2n) is 5.66. The number of hydrogen-bond donors (Lipinski definition) is 2. The van der Waals surface area contributed by atoms with E-state index in [9.17, 15) is 14.3 Å². The summed E-state index contributed by atoms with van der Waals surface area (Å²) in [5.41, 5.74) is -0.362. The predicted molar refractivity (Wildman–Crippen MR) is 78.1 cm³/mol. The monoisotopic (exact) mass is 295 g/mol. The molecule has 2 unspecified atom stereocenters. The highest BCUT2D eigenvalue weighted by Gasteiger charge is 2.43. The van der Waals surface area contributed by atoms with Gasteiger partial charge in [-0.1, -0.05) is 13.0 Å². The maximum absolute atomic E-state index is 13.5. The highest BCUT2D eigenvalue weighted by atomic mass is 19.1. The van der Waals surface area contributed by atoms with E-state index in [4.69, 9.17) is 4.74 Å². The van der Waals surface area contributed by atoms with E-state index in [-0.39, 0.29) is 11.9 Å². The average molecular weight is 295 g/mol. The van der Waals surface area contributed by atoms with E-state index in [1.165, 1.54) is 6.07 Å². The number of carboxylic acid groups (broad SMARTS) is 1. The van der Waals surface area contributed by atoms with Gasteiger partial charge in [-0.2, -0.15) is 0 Å². The van der Waals surface area contributed by atoms with Crippen molar-refractivity contribution in [3.63, 3.8) is 0 Å². The Bertz CT molecular complexity index is 516. The molecule has 0 amide bonds. The van der Waals surface area contributed by atoms with Crippen LogP contribution in [0.5, 0.6) is 5.75 Å². The zero-order valence-corrected chi connectivity index (χ0v) is 12.5. The molecule has 0 bridgehead atoms. The third-order valence-electron chi connectivity index (χ3n) is 4.08. The molecule has 1 aromatic rings. The fourth-order valence-corrected chi connectivity index (χ4v) is 2.93. The number of ether oxygens (including phenoxy) is 1. The van der Waals surface area contributed by atoms with Gasteiger partial charge in [0.2, 0.25) is 0 Å². The molecule has 1 aromatic carbocycles. The van der Waals surface area contributed by atoms with Gasteiger partial charge in [-0.3, -0.25) is 4.79 Å². The summed E-state index contributed by atoms with van der Waals surface area (Å²) in [6.45, 7) is 4.18. The van der Waals surface area contributed by atoms with Gasteiger partial charge < -0.3 is 15.2 Å². The summed E-state index contributed by atoms with van der Waals surface area (Å²) in [4.78, 5) is 11.6. The normalized spacial score (nSPS) is 25.6. The molecule has 1 aliphatic rings. The Morgan fingerprint density at radius 1 is 1.57 bits per heavy atom. The molecule has 2 atom stereocenters. The molecule has 1 fully saturated rings. The second-order valence-corrected chi connectivity index (χ2v) is 5.66. The SMILES string of the molecule is CCNC1(C(=O)O)CCCC(Oc2ccc(C)c(F)c2)C1. The molecular weight excluding hydrogens is 273 g/mol. The summed E-state index contributed by atoms with van der Waals surface area (Å²) in [6, 6.07) is 4.75. The minimum Gasteiger partial charge on any atom is -0.490 e. The highest BCUT2D eigenvalue weighted by molar-refractivity contribution is 5.79. The first-order chi connectivity index (χ1) is 9.97. The van der Waals surface area contributed by atoms with Crippen molar-refractivity contribution in [1.82, 2.24) is 5.32 Å². The number of carboxylic acids is 1. The van der Waals surface area contributed by atoms with Crippen LogP contribution in [0.1, 0.15) is 38.2 Å². The second kappa shape index (κ2) is 6.43. The van der Waals surface area contributed by atoms with Gasteiger partial charge in [-0.25, -0.2) is 4.39 Å². The quantitative estimate of drug-likeness (QED) is 0.877. The van der Waals surface area contributed by atoms with Crippen molar-refractivity contribution >= 4 is 5.97 Å². The van der Waals surface area contributed by atoms with Gasteiger partial charge in [0.25, 0.3) is 0 Å². The van der Waals surface area contributed by atoms with Crippen LogP contribution in [0.2, 0.25) is 0 Å². The van der Waals surface area contributed by atoms with Crippen molar-refractivity contribution in [1.29, 1.82) is 0 Å². The van der Waals surface area contributed by atoms with E-state index < -0.39 is 11.5 Å². The summed E-state index contributed by atoms with van der Waals surface area (Å²) in [5, 5.41) is 12.6. The highest BCUT2D eigenvalue weighted by Crippen LogP contribution is 2.31. The Balaban J connectivity index is 2.09. The van der Waals surface area contributed by atoms with Gasteiger partial charge in [0.05, 0.1) is 0 Å². The zero-order valence-electron chi connectivity index (χ0n) is 12.5. The molecule has 1 saturated carbocycles. The maximum atomic E-state index is 13.5. The molecule has 4 nitrogen and oxygen atoms in total. The molecule has 0 spiro atoms. The Hall–Kier alpha value is -1.62. The summed E-state index contributed by atoms with van der Waals surface area (Å²) >= 11 is 0. The summed E-state index contributed by atoms with van der Waals surface area (Å²) in [6.07, 6.45) is 2.34. The van der Waals surface area contributed by atoms with Gasteiger partial charge in [-0.15, -0.1) is 0 Å². The standard InChI is InChI=1S/C16H22FNO3/c1-3-18-16(15(19)20)8-4-5-13(10-16)21-12-7-6-11(2)14(17)9-12/h6-7,9,13,18H,3-5,8,10H2,1-2H3,(H,19,20). The van der Waals surface area contributed by atoms with Crippen molar-refractivity contribution in [2.24, 2.45) is 0 Å². The molecule has 0 aliphatic heterocycles. The van der Waals surface area contributed by atoms with Crippen molar-refractivity contribution in [2.45, 2.75) is 51.2 Å². The number of halogens is 1. The lowest BCUT2D eigenvalue weighted by Gasteiger charge is -2.38.